The van der Waals surface area contributed by atoms with Crippen molar-refractivity contribution in [2.24, 2.45) is 5.73 Å². The zero-order valence-electron chi connectivity index (χ0n) is 66.4. The Morgan fingerprint density at radius 1 is 0.592 bits per heavy atom. The molecule has 0 radical (unpaired) electrons. The van der Waals surface area contributed by atoms with Crippen LogP contribution >= 0.6 is 11.8 Å². The average Bonchev–Trinajstić information content (AvgIpc) is 1.50. The maximum Gasteiger partial charge on any atom is 0.355 e. The van der Waals surface area contributed by atoms with Crippen molar-refractivity contribution in [1.82, 2.24) is 70.9 Å². The number of aromatic hydroxyl groups is 1. The number of carboxylic acids is 8. The van der Waals surface area contributed by atoms with Crippen LogP contribution in [-0.2, 0) is 107 Å². The molecule has 2 aromatic heterocycles. The first-order valence-corrected chi connectivity index (χ1v) is 39.7. The molecule has 18 N–H and O–H groups in total. The Balaban J connectivity index is 1.16. The van der Waals surface area contributed by atoms with E-state index in [1.54, 1.807) is 13.0 Å². The number of aliphatic carboxylic acids is 8. The molecule has 0 spiro atoms. The Morgan fingerprint density at radius 2 is 1.08 bits per heavy atom. The van der Waals surface area contributed by atoms with E-state index >= 15 is 0 Å². The van der Waals surface area contributed by atoms with Gasteiger partial charge in [0.15, 0.2) is 0 Å². The Morgan fingerprint density at radius 3 is 1.63 bits per heavy atom. The molecule has 0 saturated carbocycles. The van der Waals surface area contributed by atoms with Gasteiger partial charge in [-0.1, -0.05) is 43.7 Å². The molecular formula is C76H105N15O28S. The first kappa shape index (κ1) is 97.5. The highest BCUT2D eigenvalue weighted by molar-refractivity contribution is 8.00. The van der Waals surface area contributed by atoms with E-state index in [4.69, 9.17) is 20.2 Å². The van der Waals surface area contributed by atoms with Crippen LogP contribution in [0.2, 0.25) is 0 Å². The molecule has 6 atom stereocenters. The molecule has 44 heteroatoms. The van der Waals surface area contributed by atoms with Gasteiger partial charge in [0, 0.05) is 114 Å². The second-order valence-corrected chi connectivity index (χ2v) is 29.8. The molecule has 0 fully saturated rings. The van der Waals surface area contributed by atoms with E-state index < -0.39 is 202 Å². The van der Waals surface area contributed by atoms with Gasteiger partial charge in [0.05, 0.1) is 93.7 Å². The number of carboxylic acid groups (broad SMARTS) is 8. The molecule has 5 amide bonds. The van der Waals surface area contributed by atoms with E-state index in [9.17, 15) is 128 Å². The summed E-state index contributed by atoms with van der Waals surface area (Å²) in [6.07, 6.45) is -0.942. The molecule has 4 heterocycles. The lowest BCUT2D eigenvalue weighted by Gasteiger charge is -2.35. The normalized spacial score (nSPS) is 14.7. The van der Waals surface area contributed by atoms with E-state index in [0.717, 1.165) is 39.4 Å². The highest BCUT2D eigenvalue weighted by Crippen LogP contribution is 2.41. The lowest BCUT2D eigenvalue weighted by Crippen LogP contribution is -2.58. The summed E-state index contributed by atoms with van der Waals surface area (Å²) in [5.74, 6) is -17.6. The lowest BCUT2D eigenvalue weighted by atomic mass is 9.85. The van der Waals surface area contributed by atoms with Gasteiger partial charge in [0.2, 0.25) is 35.1 Å². The number of phenols is 1. The third kappa shape index (κ3) is 32.7. The van der Waals surface area contributed by atoms with Gasteiger partial charge < -0.3 is 97.4 Å². The van der Waals surface area contributed by atoms with Gasteiger partial charge in [-0.2, -0.15) is 0 Å². The molecule has 2 aromatic carbocycles. The quantitative estimate of drug-likeness (QED) is 0.0100. The van der Waals surface area contributed by atoms with Gasteiger partial charge in [-0.25, -0.2) is 9.78 Å². The van der Waals surface area contributed by atoms with Crippen molar-refractivity contribution in [1.29, 1.82) is 0 Å². The number of aliphatic hydroxyl groups excluding tert-OH is 1. The fourth-order valence-electron chi connectivity index (χ4n) is 13.6. The molecule has 2 aliphatic rings. The van der Waals surface area contributed by atoms with Gasteiger partial charge >= 0.3 is 59.7 Å². The average molecular weight is 1710 g/mol. The lowest BCUT2D eigenvalue weighted by molar-refractivity contribution is -0.187. The maximum atomic E-state index is 14.9. The summed E-state index contributed by atoms with van der Waals surface area (Å²) in [5, 5.41) is 114. The number of esters is 2. The maximum absolute atomic E-state index is 14.9. The zero-order chi connectivity index (χ0) is 88.3. The molecule has 43 nitrogen and oxygen atoms in total. The number of unbranched alkanes of at least 4 members (excludes halogenated alkanes) is 2. The molecule has 120 heavy (non-hydrogen) atoms. The number of amides is 5. The Hall–Kier alpha value is -11.4. The fraction of sp³-hybridized carbons (Fsp3) is 0.539. The molecule has 0 bridgehead atoms. The van der Waals surface area contributed by atoms with Crippen molar-refractivity contribution >= 4 is 112 Å². The minimum atomic E-state index is -2.11. The molecular weight excluding hydrogens is 1600 g/mol. The Kier molecular flexibility index (Phi) is 39.5. The van der Waals surface area contributed by atoms with Crippen molar-refractivity contribution in [3.8, 4) is 17.1 Å². The summed E-state index contributed by atoms with van der Waals surface area (Å²) in [5.41, 5.74) is 6.49. The van der Waals surface area contributed by atoms with Crippen LogP contribution < -0.4 is 43.2 Å². The Bertz CT molecular complexity index is 4320. The number of phenolic OH excluding ortho intramolecular Hbond substituents is 1. The summed E-state index contributed by atoms with van der Waals surface area (Å²) in [6.45, 7) is -4.70. The number of carbonyl (C=O) groups excluding carboxylic acids is 7. The number of aromatic nitrogens is 2. The Labute approximate surface area is 691 Å². The van der Waals surface area contributed by atoms with Crippen LogP contribution in [-0.4, -0.2) is 359 Å². The zero-order valence-corrected chi connectivity index (χ0v) is 67.2. The number of ether oxygens (including phenoxy) is 2. The van der Waals surface area contributed by atoms with Crippen LogP contribution in [0.4, 0.5) is 0 Å². The minimum absolute atomic E-state index is 0.0222. The highest BCUT2D eigenvalue weighted by atomic mass is 32.2. The van der Waals surface area contributed by atoms with Crippen molar-refractivity contribution in [3.63, 3.8) is 0 Å². The van der Waals surface area contributed by atoms with Crippen molar-refractivity contribution in [2.75, 3.05) is 149 Å². The summed E-state index contributed by atoms with van der Waals surface area (Å²) in [6, 6.07) is 11.2. The van der Waals surface area contributed by atoms with Crippen molar-refractivity contribution in [2.45, 2.75) is 114 Å². The van der Waals surface area contributed by atoms with Gasteiger partial charge in [-0.3, -0.25) is 107 Å². The van der Waals surface area contributed by atoms with Crippen LogP contribution in [0.1, 0.15) is 81.0 Å². The van der Waals surface area contributed by atoms with Crippen LogP contribution in [0.25, 0.3) is 22.3 Å². The number of fused-ring (bicyclic) bond motifs is 5. The second-order valence-electron chi connectivity index (χ2n) is 28.8. The van der Waals surface area contributed by atoms with Gasteiger partial charge in [-0.15, -0.1) is 11.8 Å². The number of thioether (sulfide) groups is 1. The molecule has 5 unspecified atom stereocenters. The van der Waals surface area contributed by atoms with E-state index in [0.29, 0.717) is 35.3 Å². The second kappa shape index (κ2) is 48.6. The van der Waals surface area contributed by atoms with E-state index in [1.165, 1.54) is 48.4 Å². The van der Waals surface area contributed by atoms with Crippen molar-refractivity contribution in [3.05, 3.63) is 93.3 Å². The van der Waals surface area contributed by atoms with Gasteiger partial charge in [0.25, 0.3) is 5.56 Å². The molecule has 658 valence electrons. The van der Waals surface area contributed by atoms with Gasteiger partial charge in [0.1, 0.15) is 36.7 Å². The first-order valence-electron chi connectivity index (χ1n) is 38.5. The number of pyridine rings is 2. The minimum Gasteiger partial charge on any atom is -0.508 e. The number of nitrogens with two attached hydrogens (primary N) is 1. The number of nitrogens with zero attached hydrogens (tertiary/aromatic N) is 8. The predicted molar refractivity (Wildman–Crippen MR) is 424 cm³/mol. The largest absolute Gasteiger partial charge is 0.508 e. The predicted octanol–water partition coefficient (Wildman–Crippen LogP) is -3.92. The molecule has 0 aliphatic carbocycles. The SMILES string of the molecule is CC[C@@]1(OC(=O)CSCC(NC(C)=O)C(=O)NC(CCCCNC(=O)CN(CCN(CCN(CC(=O)O)CC(=O)O)CC(=O)O)CC(=O)O)C(=O)NC(Cc2ccc(O)cc2)C(=O)NC(CN)CCCCNC(O)CN(CCN(CCN(CC(=O)O)CC(=O)O)CC(=O)O)CC(=O)O)C(=O)OCc2c1cc1n(c2=O)Cc2cc3ccccc3nc2-1. The first-order chi connectivity index (χ1) is 56.9. The van der Waals surface area contributed by atoms with Crippen LogP contribution in [0.5, 0.6) is 5.75 Å². The smallest absolute Gasteiger partial charge is 0.355 e. The number of rotatable bonds is 59. The number of carbonyl (C=O) groups is 15. The molecule has 0 saturated heterocycles. The molecule has 4 aromatic rings. The number of hydrogen-bond donors (Lipinski definition) is 17. The topological polar surface area (TPSA) is 629 Å². The number of nitrogens with one attached hydrogen (secondary N) is 6. The third-order valence-electron chi connectivity index (χ3n) is 19.3. The van der Waals surface area contributed by atoms with Crippen LogP contribution in [0.3, 0.4) is 0 Å². The summed E-state index contributed by atoms with van der Waals surface area (Å²) < 4.78 is 13.0. The van der Waals surface area contributed by atoms with Crippen LogP contribution in [0.15, 0.2) is 65.5 Å². The number of para-hydroxylation sites is 1. The van der Waals surface area contributed by atoms with E-state index in [-0.39, 0.29) is 146 Å². The van der Waals surface area contributed by atoms with E-state index in [1.807, 2.05) is 30.3 Å². The van der Waals surface area contributed by atoms with E-state index in [2.05, 4.69) is 31.9 Å². The summed E-state index contributed by atoms with van der Waals surface area (Å²) in [7, 11) is 0. The summed E-state index contributed by atoms with van der Waals surface area (Å²) in [4.78, 5) is 218. The summed E-state index contributed by atoms with van der Waals surface area (Å²) >= 11 is 0.791. The monoisotopic (exact) mass is 1710 g/mol. The van der Waals surface area contributed by atoms with Crippen LogP contribution in [0, 0.1) is 0 Å². The number of aliphatic hydroxyl groups is 1. The molecule has 2 aliphatic heterocycles. The standard InChI is InChI=1S/C76H105N15O28S/c1-3-76(53-30-58-70-49(29-48-10-4-5-12-54(48)82-70)32-91(58)74(116)52(53)43-118-75(76)117)119-69(112)45-120-44-57(80-46(2)92)73(115)83-55(13-7-9-19-79-60(95)34-88(38-64(102)103)25-21-86(36-62(98)99)23-27-90(41-67(108)109)42-68(110)111)71(113)84-56(28-47-14-16-51(93)17-15-47)72(114)81-50(31-77)11-6-8-18-78-59(94)33-87(37-63(100)101)24-20-85(35-61(96)97)22-26-89(39-65(104)105)40-66(106)107/h4-5,10,12,14-17,29-30,50,55-57,59,78,93-94H,3,6-9,11,13,18-28,31-45,77H2,1-2H3,(H,79,95)(H,80,92)(H,81,114)(H,83,115)(H,84,113)(H,96,97)(H,98,99)(H,100,101)(H,102,103)(H,104,105)(H,106,107)(H,108,109)(H,110,111)/t50?,55?,56?,57?,59?,76-/m0/s1. The molecule has 6 rings (SSSR count). The third-order valence-corrected chi connectivity index (χ3v) is 20.4. The van der Waals surface area contributed by atoms with Gasteiger partial charge in [-0.05, 0) is 81.0 Å². The fourth-order valence-corrected chi connectivity index (χ4v) is 14.4. The highest BCUT2D eigenvalue weighted by Gasteiger charge is 2.51. The van der Waals surface area contributed by atoms with Crippen molar-refractivity contribution < 1.29 is 132 Å². The number of cyclic esters (lactones) is 1. The number of benzene rings is 2. The number of hydrogen-bond acceptors (Lipinski definition) is 30.